The number of nitrogens with one attached hydrogen (secondary N) is 1. The van der Waals surface area contributed by atoms with Crippen molar-refractivity contribution in [2.45, 2.75) is 52.0 Å². The Morgan fingerprint density at radius 2 is 1.80 bits per heavy atom. The molecule has 0 fully saturated rings. The van der Waals surface area contributed by atoms with Crippen molar-refractivity contribution in [3.63, 3.8) is 0 Å². The van der Waals surface area contributed by atoms with Crippen molar-refractivity contribution in [2.24, 2.45) is 0 Å². The fraction of sp³-hybridized carbons (Fsp3) is 0.500. The highest BCUT2D eigenvalue weighted by atomic mass is 32.1. The van der Waals surface area contributed by atoms with Crippen LogP contribution in [-0.2, 0) is 5.41 Å². The van der Waals surface area contributed by atoms with Crippen LogP contribution in [0, 0.1) is 0 Å². The minimum Gasteiger partial charge on any atom is -0.358 e. The molecule has 1 heterocycles. The summed E-state index contributed by atoms with van der Waals surface area (Å²) < 4.78 is 4.63. The number of anilines is 1. The van der Waals surface area contributed by atoms with Gasteiger partial charge in [0.1, 0.15) is 0 Å². The lowest BCUT2D eigenvalue weighted by Crippen LogP contribution is -2.27. The maximum Gasteiger partial charge on any atom is 0.202 e. The molecule has 0 radical (unpaired) electrons. The van der Waals surface area contributed by atoms with Crippen LogP contribution >= 0.6 is 11.5 Å². The first-order valence-corrected chi connectivity index (χ1v) is 8.06. The Hall–Kier alpha value is -1.42. The van der Waals surface area contributed by atoms with Crippen molar-refractivity contribution in [3.8, 4) is 0 Å². The minimum atomic E-state index is -0.0747. The van der Waals surface area contributed by atoms with Crippen LogP contribution in [0.3, 0.4) is 0 Å². The molecule has 0 amide bonds. The van der Waals surface area contributed by atoms with Gasteiger partial charge in [-0.2, -0.15) is 4.37 Å². The molecule has 3 nitrogen and oxygen atoms in total. The highest BCUT2D eigenvalue weighted by Gasteiger charge is 2.34. The van der Waals surface area contributed by atoms with Crippen molar-refractivity contribution in [1.82, 2.24) is 9.36 Å². The lowest BCUT2D eigenvalue weighted by Gasteiger charge is -2.29. The number of nitrogens with zero attached hydrogens (tertiary/aromatic N) is 2. The molecule has 2 rings (SSSR count). The van der Waals surface area contributed by atoms with Gasteiger partial charge < -0.3 is 5.32 Å². The molecule has 1 N–H and O–H groups in total. The minimum absolute atomic E-state index is 0.0747. The van der Waals surface area contributed by atoms with Crippen molar-refractivity contribution in [3.05, 3.63) is 41.7 Å². The van der Waals surface area contributed by atoms with Gasteiger partial charge in [0.05, 0.1) is 5.41 Å². The number of rotatable bonds is 6. The van der Waals surface area contributed by atoms with E-state index in [1.165, 1.54) is 17.1 Å². The average Bonchev–Trinajstić information content (AvgIpc) is 2.90. The van der Waals surface area contributed by atoms with Crippen LogP contribution in [0.2, 0.25) is 0 Å². The van der Waals surface area contributed by atoms with Crippen molar-refractivity contribution >= 4 is 16.7 Å². The third-order valence-electron chi connectivity index (χ3n) is 3.80. The summed E-state index contributed by atoms with van der Waals surface area (Å²) in [6, 6.07) is 11.0. The maximum atomic E-state index is 4.74. The molecule has 0 saturated carbocycles. The van der Waals surface area contributed by atoms with Gasteiger partial charge in [0, 0.05) is 17.6 Å². The number of aromatic nitrogens is 2. The third-order valence-corrected chi connectivity index (χ3v) is 4.45. The predicted octanol–water partition coefficient (Wildman–Crippen LogP) is 4.46. The standard InChI is InChI=1S/C16H23N3S/c1-5-16(6-2,13-10-8-7-9-11-13)14-18-15(20-19-14)17-12(3)4/h7-12H,5-6H2,1-4H3,(H,17,18,19). The number of hydrogen-bond donors (Lipinski definition) is 1. The smallest absolute Gasteiger partial charge is 0.202 e. The van der Waals surface area contributed by atoms with Crippen LogP contribution in [0.1, 0.15) is 51.9 Å². The first-order valence-electron chi connectivity index (χ1n) is 7.28. The molecule has 0 spiro atoms. The quantitative estimate of drug-likeness (QED) is 0.853. The van der Waals surface area contributed by atoms with Crippen molar-refractivity contribution in [2.75, 3.05) is 5.32 Å². The summed E-state index contributed by atoms with van der Waals surface area (Å²) in [6.45, 7) is 8.66. The predicted molar refractivity (Wildman–Crippen MR) is 86.5 cm³/mol. The lowest BCUT2D eigenvalue weighted by atomic mass is 9.75. The van der Waals surface area contributed by atoms with E-state index in [0.29, 0.717) is 6.04 Å². The van der Waals surface area contributed by atoms with Crippen LogP contribution in [0.4, 0.5) is 5.13 Å². The highest BCUT2D eigenvalue weighted by Crippen LogP contribution is 2.38. The van der Waals surface area contributed by atoms with Gasteiger partial charge in [0.15, 0.2) is 5.82 Å². The Labute approximate surface area is 125 Å². The second-order valence-corrected chi connectivity index (χ2v) is 6.13. The van der Waals surface area contributed by atoms with Crippen LogP contribution in [0.15, 0.2) is 30.3 Å². The van der Waals surface area contributed by atoms with Crippen LogP contribution in [0.5, 0.6) is 0 Å². The molecule has 4 heteroatoms. The first-order chi connectivity index (χ1) is 9.62. The summed E-state index contributed by atoms with van der Waals surface area (Å²) in [6.07, 6.45) is 2.01. The average molecular weight is 289 g/mol. The van der Waals surface area contributed by atoms with Gasteiger partial charge in [0.25, 0.3) is 0 Å². The zero-order valence-electron chi connectivity index (χ0n) is 12.7. The summed E-state index contributed by atoms with van der Waals surface area (Å²) in [5.74, 6) is 0.946. The van der Waals surface area contributed by atoms with E-state index >= 15 is 0 Å². The van der Waals surface area contributed by atoms with E-state index in [1.807, 2.05) is 0 Å². The highest BCUT2D eigenvalue weighted by molar-refractivity contribution is 7.09. The van der Waals surface area contributed by atoms with E-state index in [-0.39, 0.29) is 5.41 Å². The van der Waals surface area contributed by atoms with E-state index in [9.17, 15) is 0 Å². The Kier molecular flexibility index (Phi) is 4.76. The van der Waals surface area contributed by atoms with Crippen LogP contribution in [-0.4, -0.2) is 15.4 Å². The summed E-state index contributed by atoms with van der Waals surface area (Å²) in [5.41, 5.74) is 1.23. The SMILES string of the molecule is CCC(CC)(c1ccccc1)c1nsc(NC(C)C)n1. The molecule has 0 atom stereocenters. The molecule has 0 aliphatic rings. The Bertz CT molecular complexity index is 530. The second kappa shape index (κ2) is 6.35. The monoisotopic (exact) mass is 289 g/mol. The Balaban J connectivity index is 2.40. The Morgan fingerprint density at radius 3 is 2.35 bits per heavy atom. The Morgan fingerprint density at radius 1 is 1.15 bits per heavy atom. The molecule has 0 saturated heterocycles. The van der Waals surface area contributed by atoms with Gasteiger partial charge in [-0.15, -0.1) is 0 Å². The summed E-state index contributed by atoms with van der Waals surface area (Å²) in [4.78, 5) is 4.74. The second-order valence-electron chi connectivity index (χ2n) is 5.38. The molecule has 1 aromatic heterocycles. The fourth-order valence-electron chi connectivity index (χ4n) is 2.58. The van der Waals surface area contributed by atoms with Gasteiger partial charge in [-0.05, 0) is 32.3 Å². The van der Waals surface area contributed by atoms with Crippen LogP contribution < -0.4 is 5.32 Å². The van der Waals surface area contributed by atoms with Crippen LogP contribution in [0.25, 0.3) is 0 Å². The summed E-state index contributed by atoms with van der Waals surface area (Å²) in [5, 5.41) is 4.26. The van der Waals surface area contributed by atoms with E-state index in [0.717, 1.165) is 23.8 Å². The van der Waals surface area contributed by atoms with Crippen molar-refractivity contribution in [1.29, 1.82) is 0 Å². The zero-order valence-corrected chi connectivity index (χ0v) is 13.5. The number of benzene rings is 1. The molecular weight excluding hydrogens is 266 g/mol. The third kappa shape index (κ3) is 2.85. The molecule has 2 aromatic rings. The fourth-order valence-corrected chi connectivity index (χ4v) is 3.39. The van der Waals surface area contributed by atoms with E-state index in [2.05, 4.69) is 67.7 Å². The van der Waals surface area contributed by atoms with E-state index in [4.69, 9.17) is 4.98 Å². The zero-order chi connectivity index (χ0) is 14.6. The van der Waals surface area contributed by atoms with Gasteiger partial charge in [-0.1, -0.05) is 44.2 Å². The normalized spacial score (nSPS) is 11.8. The van der Waals surface area contributed by atoms with Gasteiger partial charge >= 0.3 is 0 Å². The molecule has 108 valence electrons. The van der Waals surface area contributed by atoms with E-state index in [1.54, 1.807) is 0 Å². The maximum absolute atomic E-state index is 4.74. The molecule has 20 heavy (non-hydrogen) atoms. The largest absolute Gasteiger partial charge is 0.358 e. The topological polar surface area (TPSA) is 37.8 Å². The molecule has 0 unspecified atom stereocenters. The van der Waals surface area contributed by atoms with Crippen molar-refractivity contribution < 1.29 is 0 Å². The lowest BCUT2D eigenvalue weighted by molar-refractivity contribution is 0.455. The van der Waals surface area contributed by atoms with Gasteiger partial charge in [-0.3, -0.25) is 0 Å². The van der Waals surface area contributed by atoms with E-state index < -0.39 is 0 Å². The summed E-state index contributed by atoms with van der Waals surface area (Å²) >= 11 is 1.46. The molecular formula is C16H23N3S. The van der Waals surface area contributed by atoms with Gasteiger partial charge in [-0.25, -0.2) is 4.98 Å². The van der Waals surface area contributed by atoms with Gasteiger partial charge in [0.2, 0.25) is 5.13 Å². The number of hydrogen-bond acceptors (Lipinski definition) is 4. The molecule has 0 aliphatic carbocycles. The molecule has 1 aromatic carbocycles. The molecule has 0 bridgehead atoms. The summed E-state index contributed by atoms with van der Waals surface area (Å²) in [7, 11) is 0. The molecule has 0 aliphatic heterocycles. The first kappa shape index (κ1) is 15.0.